The maximum absolute atomic E-state index is 12.1. The minimum Gasteiger partial charge on any atom is -0.381 e. The molecule has 1 fully saturated rings. The van der Waals surface area contributed by atoms with Gasteiger partial charge in [-0.15, -0.1) is 0 Å². The number of anilines is 1. The third kappa shape index (κ3) is 2.71. The standard InChI is InChI=1S/C13H18N6O/c1-9(2)19-12(14-8-16-19)7-18-13(20)5-11(6-15-18)17-10-3-4-10/h5-6,8-10,17H,3-4,7H2,1-2H3. The van der Waals surface area contributed by atoms with Crippen LogP contribution in [0.5, 0.6) is 0 Å². The molecule has 0 unspecified atom stereocenters. The van der Waals surface area contributed by atoms with E-state index in [2.05, 4.69) is 20.5 Å². The van der Waals surface area contributed by atoms with E-state index >= 15 is 0 Å². The lowest BCUT2D eigenvalue weighted by Crippen LogP contribution is -2.25. The Bertz CT molecular complexity index is 655. The zero-order valence-corrected chi connectivity index (χ0v) is 11.7. The van der Waals surface area contributed by atoms with Gasteiger partial charge in [-0.1, -0.05) is 0 Å². The zero-order chi connectivity index (χ0) is 14.1. The van der Waals surface area contributed by atoms with Gasteiger partial charge in [-0.2, -0.15) is 10.2 Å². The third-order valence-electron chi connectivity index (χ3n) is 3.25. The smallest absolute Gasteiger partial charge is 0.269 e. The molecular weight excluding hydrogens is 256 g/mol. The minimum atomic E-state index is -0.131. The van der Waals surface area contributed by atoms with Gasteiger partial charge >= 0.3 is 0 Å². The van der Waals surface area contributed by atoms with E-state index in [9.17, 15) is 4.79 Å². The average Bonchev–Trinajstić information content (AvgIpc) is 3.08. The van der Waals surface area contributed by atoms with E-state index in [1.165, 1.54) is 23.9 Å². The molecular formula is C13H18N6O. The SMILES string of the molecule is CC(C)n1ncnc1Cn1ncc(NC2CC2)cc1=O. The van der Waals surface area contributed by atoms with Crippen molar-refractivity contribution in [3.05, 3.63) is 34.8 Å². The molecule has 1 saturated carbocycles. The summed E-state index contributed by atoms with van der Waals surface area (Å²) in [5.74, 6) is 0.734. The highest BCUT2D eigenvalue weighted by molar-refractivity contribution is 5.41. The number of rotatable bonds is 5. The molecule has 2 aromatic rings. The van der Waals surface area contributed by atoms with E-state index in [-0.39, 0.29) is 11.6 Å². The van der Waals surface area contributed by atoms with Crippen LogP contribution in [0.15, 0.2) is 23.4 Å². The van der Waals surface area contributed by atoms with Crippen LogP contribution >= 0.6 is 0 Å². The Balaban J connectivity index is 1.79. The fourth-order valence-electron chi connectivity index (χ4n) is 2.05. The molecule has 0 spiro atoms. The number of aromatic nitrogens is 5. The first-order chi connectivity index (χ1) is 9.63. The van der Waals surface area contributed by atoms with Gasteiger partial charge in [0.2, 0.25) is 0 Å². The van der Waals surface area contributed by atoms with Crippen molar-refractivity contribution >= 4 is 5.69 Å². The fourth-order valence-corrected chi connectivity index (χ4v) is 2.05. The fraction of sp³-hybridized carbons (Fsp3) is 0.538. The second-order valence-corrected chi connectivity index (χ2v) is 5.37. The summed E-state index contributed by atoms with van der Waals surface area (Å²) in [4.78, 5) is 16.2. The van der Waals surface area contributed by atoms with Crippen LogP contribution in [-0.4, -0.2) is 30.6 Å². The second kappa shape index (κ2) is 5.07. The Morgan fingerprint density at radius 2 is 2.20 bits per heavy atom. The van der Waals surface area contributed by atoms with Crippen molar-refractivity contribution in [2.75, 3.05) is 5.32 Å². The van der Waals surface area contributed by atoms with Crippen molar-refractivity contribution < 1.29 is 0 Å². The van der Waals surface area contributed by atoms with Gasteiger partial charge in [0, 0.05) is 18.2 Å². The van der Waals surface area contributed by atoms with Crippen molar-refractivity contribution in [2.45, 2.75) is 45.3 Å². The van der Waals surface area contributed by atoms with Crippen LogP contribution in [0.25, 0.3) is 0 Å². The van der Waals surface area contributed by atoms with Gasteiger partial charge in [0.25, 0.3) is 5.56 Å². The van der Waals surface area contributed by atoms with Crippen LogP contribution in [0.3, 0.4) is 0 Å². The molecule has 7 heteroatoms. The minimum absolute atomic E-state index is 0.131. The predicted octanol–water partition coefficient (Wildman–Crippen LogP) is 1.04. The molecule has 7 nitrogen and oxygen atoms in total. The van der Waals surface area contributed by atoms with Crippen molar-refractivity contribution in [1.29, 1.82) is 0 Å². The van der Waals surface area contributed by atoms with Gasteiger partial charge in [-0.3, -0.25) is 4.79 Å². The lowest BCUT2D eigenvalue weighted by atomic mass is 10.4. The number of hydrogen-bond donors (Lipinski definition) is 1. The maximum atomic E-state index is 12.1. The summed E-state index contributed by atoms with van der Waals surface area (Å²) in [6, 6.07) is 2.30. The molecule has 0 atom stereocenters. The average molecular weight is 274 g/mol. The molecule has 0 bridgehead atoms. The summed E-state index contributed by atoms with van der Waals surface area (Å²) < 4.78 is 3.20. The Kier molecular flexibility index (Phi) is 3.25. The lowest BCUT2D eigenvalue weighted by Gasteiger charge is -2.10. The number of nitrogens with one attached hydrogen (secondary N) is 1. The van der Waals surface area contributed by atoms with Gasteiger partial charge in [0.1, 0.15) is 18.7 Å². The quantitative estimate of drug-likeness (QED) is 0.881. The first-order valence-electron chi connectivity index (χ1n) is 6.85. The molecule has 0 aliphatic heterocycles. The molecule has 1 aliphatic rings. The van der Waals surface area contributed by atoms with Crippen LogP contribution in [0.1, 0.15) is 38.6 Å². The van der Waals surface area contributed by atoms with E-state index in [4.69, 9.17) is 0 Å². The summed E-state index contributed by atoms with van der Waals surface area (Å²) in [5, 5.41) is 11.6. The largest absolute Gasteiger partial charge is 0.381 e. The topological polar surface area (TPSA) is 77.6 Å². The van der Waals surface area contributed by atoms with E-state index in [0.717, 1.165) is 11.5 Å². The van der Waals surface area contributed by atoms with Gasteiger partial charge in [-0.25, -0.2) is 14.3 Å². The predicted molar refractivity (Wildman–Crippen MR) is 74.7 cm³/mol. The van der Waals surface area contributed by atoms with Crippen molar-refractivity contribution in [3.8, 4) is 0 Å². The van der Waals surface area contributed by atoms with Crippen LogP contribution < -0.4 is 10.9 Å². The first kappa shape index (κ1) is 12.8. The maximum Gasteiger partial charge on any atom is 0.269 e. The number of nitrogens with zero attached hydrogens (tertiary/aromatic N) is 5. The van der Waals surface area contributed by atoms with Gasteiger partial charge in [-0.05, 0) is 26.7 Å². The van der Waals surface area contributed by atoms with Crippen molar-refractivity contribution in [1.82, 2.24) is 24.5 Å². The van der Waals surface area contributed by atoms with Gasteiger partial charge in [0.05, 0.1) is 11.9 Å². The van der Waals surface area contributed by atoms with Crippen LogP contribution in [-0.2, 0) is 6.54 Å². The molecule has 106 valence electrons. The zero-order valence-electron chi connectivity index (χ0n) is 11.7. The van der Waals surface area contributed by atoms with E-state index < -0.39 is 0 Å². The summed E-state index contributed by atoms with van der Waals surface area (Å²) in [7, 11) is 0. The molecule has 0 saturated heterocycles. The first-order valence-corrected chi connectivity index (χ1v) is 6.85. The molecule has 20 heavy (non-hydrogen) atoms. The van der Waals surface area contributed by atoms with Crippen molar-refractivity contribution in [2.24, 2.45) is 0 Å². The van der Waals surface area contributed by atoms with E-state index in [0.29, 0.717) is 12.6 Å². The summed E-state index contributed by atoms with van der Waals surface area (Å²) in [6.45, 7) is 4.38. The van der Waals surface area contributed by atoms with E-state index in [1.807, 2.05) is 13.8 Å². The van der Waals surface area contributed by atoms with Gasteiger partial charge in [0.15, 0.2) is 0 Å². The highest BCUT2D eigenvalue weighted by atomic mass is 16.1. The molecule has 0 aromatic carbocycles. The molecule has 1 aliphatic carbocycles. The second-order valence-electron chi connectivity index (χ2n) is 5.37. The normalized spacial score (nSPS) is 14.8. The summed E-state index contributed by atoms with van der Waals surface area (Å²) in [5.41, 5.74) is 0.660. The Morgan fingerprint density at radius 3 is 2.85 bits per heavy atom. The number of hydrogen-bond acceptors (Lipinski definition) is 5. The third-order valence-corrected chi connectivity index (χ3v) is 3.25. The molecule has 0 amide bonds. The van der Waals surface area contributed by atoms with Crippen LogP contribution in [0.2, 0.25) is 0 Å². The monoisotopic (exact) mass is 274 g/mol. The highest BCUT2D eigenvalue weighted by Gasteiger charge is 2.21. The molecule has 0 radical (unpaired) electrons. The molecule has 1 N–H and O–H groups in total. The van der Waals surface area contributed by atoms with Gasteiger partial charge < -0.3 is 5.32 Å². The Morgan fingerprint density at radius 1 is 1.40 bits per heavy atom. The van der Waals surface area contributed by atoms with E-state index in [1.54, 1.807) is 16.9 Å². The molecule has 3 rings (SSSR count). The Hall–Kier alpha value is -2.18. The molecule has 2 heterocycles. The Labute approximate surface area is 116 Å². The van der Waals surface area contributed by atoms with Crippen LogP contribution in [0.4, 0.5) is 5.69 Å². The highest BCUT2D eigenvalue weighted by Crippen LogP contribution is 2.23. The lowest BCUT2D eigenvalue weighted by molar-refractivity contribution is 0.482. The summed E-state index contributed by atoms with van der Waals surface area (Å²) in [6.07, 6.45) is 5.53. The van der Waals surface area contributed by atoms with Crippen molar-refractivity contribution in [3.63, 3.8) is 0 Å². The molecule has 2 aromatic heterocycles. The summed E-state index contributed by atoms with van der Waals surface area (Å²) >= 11 is 0. The van der Waals surface area contributed by atoms with Crippen LogP contribution in [0, 0.1) is 0 Å².